The van der Waals surface area contributed by atoms with E-state index in [1.807, 2.05) is 6.07 Å². The maximum atomic E-state index is 12.5. The maximum absolute atomic E-state index is 12.5. The zero-order valence-corrected chi connectivity index (χ0v) is 18.8. The van der Waals surface area contributed by atoms with Gasteiger partial charge in [-0.1, -0.05) is 18.9 Å². The molecule has 0 amide bonds. The summed E-state index contributed by atoms with van der Waals surface area (Å²) in [5.41, 5.74) is 0.989. The second kappa shape index (κ2) is 8.99. The number of hydrogen-bond acceptors (Lipinski definition) is 6. The molecular weight excluding hydrogens is 392 g/mol. The Hall–Kier alpha value is -1.79. The fourth-order valence-electron chi connectivity index (χ4n) is 5.54. The molecule has 0 N–H and O–H groups in total. The van der Waals surface area contributed by atoms with Crippen LogP contribution in [0, 0.1) is 17.3 Å². The van der Waals surface area contributed by atoms with Crippen LogP contribution in [-0.4, -0.2) is 63.4 Å². The van der Waals surface area contributed by atoms with E-state index in [9.17, 15) is 4.79 Å². The first kappa shape index (κ1) is 21.1. The summed E-state index contributed by atoms with van der Waals surface area (Å²) in [6, 6.07) is 6.18. The quantitative estimate of drug-likeness (QED) is 0.660. The lowest BCUT2D eigenvalue weighted by atomic mass is 9.74. The van der Waals surface area contributed by atoms with Crippen LogP contribution < -0.4 is 14.4 Å². The Labute approximate surface area is 185 Å². The first-order valence-electron chi connectivity index (χ1n) is 12.1. The fraction of sp³-hybridized carbons (Fsp3) is 0.720. The van der Waals surface area contributed by atoms with Crippen LogP contribution in [0.2, 0.25) is 0 Å². The summed E-state index contributed by atoms with van der Waals surface area (Å²) < 4.78 is 16.5. The highest BCUT2D eigenvalue weighted by atomic mass is 16.7. The number of nitrogens with zero attached hydrogens (tertiary/aromatic N) is 2. The third kappa shape index (κ3) is 4.56. The lowest BCUT2D eigenvalue weighted by Crippen LogP contribution is -2.47. The van der Waals surface area contributed by atoms with Crippen molar-refractivity contribution in [2.45, 2.75) is 45.4 Å². The number of hydrogen-bond donors (Lipinski definition) is 0. The lowest BCUT2D eigenvalue weighted by Gasteiger charge is -2.39. The van der Waals surface area contributed by atoms with Crippen LogP contribution in [0.5, 0.6) is 11.5 Å². The summed E-state index contributed by atoms with van der Waals surface area (Å²) >= 11 is 0. The van der Waals surface area contributed by atoms with Gasteiger partial charge in [0.25, 0.3) is 0 Å². The van der Waals surface area contributed by atoms with Crippen LogP contribution in [0.3, 0.4) is 0 Å². The monoisotopic (exact) mass is 428 g/mol. The van der Waals surface area contributed by atoms with Gasteiger partial charge < -0.3 is 19.1 Å². The number of rotatable bonds is 7. The maximum Gasteiger partial charge on any atom is 0.231 e. The number of carbonyl (C=O) groups is 1. The van der Waals surface area contributed by atoms with E-state index in [1.54, 1.807) is 0 Å². The van der Waals surface area contributed by atoms with Gasteiger partial charge in [0, 0.05) is 32.6 Å². The van der Waals surface area contributed by atoms with Gasteiger partial charge in [0.2, 0.25) is 6.79 Å². The van der Waals surface area contributed by atoms with Crippen molar-refractivity contribution >= 4 is 11.5 Å². The summed E-state index contributed by atoms with van der Waals surface area (Å²) in [7, 11) is 0. The van der Waals surface area contributed by atoms with Crippen molar-refractivity contribution in [2.24, 2.45) is 17.3 Å². The summed E-state index contributed by atoms with van der Waals surface area (Å²) in [5.74, 6) is 3.64. The van der Waals surface area contributed by atoms with Gasteiger partial charge >= 0.3 is 0 Å². The van der Waals surface area contributed by atoms with Gasteiger partial charge in [-0.2, -0.15) is 0 Å². The van der Waals surface area contributed by atoms with Crippen LogP contribution in [-0.2, 0) is 9.53 Å². The van der Waals surface area contributed by atoms with Crippen LogP contribution in [0.4, 0.5) is 5.69 Å². The standard InChI is InChI=1S/C25H36N2O4/c1-25(16-29-17-25)23(28)15-20-7-5-19(6-8-20)9-10-26-11-13-27(14-12-26)21-3-2-4-22-24(21)31-18-30-22/h2-4,19-20H,5-18H2,1H3. The van der Waals surface area contributed by atoms with Crippen LogP contribution in [0.15, 0.2) is 18.2 Å². The molecule has 1 saturated carbocycles. The molecule has 0 spiro atoms. The number of ketones is 1. The minimum absolute atomic E-state index is 0.183. The van der Waals surface area contributed by atoms with E-state index < -0.39 is 0 Å². The number of carbonyl (C=O) groups excluding carboxylic acids is 1. The molecule has 6 heteroatoms. The third-order valence-electron chi connectivity index (χ3n) is 7.90. The first-order valence-corrected chi connectivity index (χ1v) is 12.1. The van der Waals surface area contributed by atoms with E-state index in [0.717, 1.165) is 50.0 Å². The molecule has 2 saturated heterocycles. The lowest BCUT2D eigenvalue weighted by molar-refractivity contribution is -0.156. The fourth-order valence-corrected chi connectivity index (χ4v) is 5.54. The van der Waals surface area contributed by atoms with Gasteiger partial charge in [0.05, 0.1) is 24.3 Å². The van der Waals surface area contributed by atoms with E-state index in [0.29, 0.717) is 31.7 Å². The highest BCUT2D eigenvalue weighted by Crippen LogP contribution is 2.41. The summed E-state index contributed by atoms with van der Waals surface area (Å²) in [6.07, 6.45) is 7.10. The predicted molar refractivity (Wildman–Crippen MR) is 120 cm³/mol. The molecule has 0 atom stereocenters. The molecule has 0 bridgehead atoms. The highest BCUT2D eigenvalue weighted by molar-refractivity contribution is 5.85. The Morgan fingerprint density at radius 1 is 1.03 bits per heavy atom. The van der Waals surface area contributed by atoms with E-state index in [4.69, 9.17) is 14.2 Å². The van der Waals surface area contributed by atoms with Crippen LogP contribution in [0.1, 0.15) is 45.4 Å². The number of ether oxygens (including phenoxy) is 3. The molecule has 1 aromatic rings. The first-order chi connectivity index (χ1) is 15.1. The average molecular weight is 429 g/mol. The third-order valence-corrected chi connectivity index (χ3v) is 7.90. The molecule has 0 unspecified atom stereocenters. The summed E-state index contributed by atoms with van der Waals surface area (Å²) in [6.45, 7) is 9.14. The zero-order valence-electron chi connectivity index (χ0n) is 18.8. The molecule has 1 aromatic carbocycles. The molecule has 1 aliphatic carbocycles. The van der Waals surface area contributed by atoms with Gasteiger partial charge in [-0.15, -0.1) is 0 Å². The molecule has 0 aromatic heterocycles. The van der Waals surface area contributed by atoms with Gasteiger partial charge in [0.15, 0.2) is 11.5 Å². The normalized spacial score (nSPS) is 27.7. The van der Waals surface area contributed by atoms with Crippen molar-refractivity contribution in [1.82, 2.24) is 4.90 Å². The molecule has 3 heterocycles. The Kier molecular flexibility index (Phi) is 6.11. The van der Waals surface area contributed by atoms with Crippen molar-refractivity contribution in [2.75, 3.05) is 57.6 Å². The predicted octanol–water partition coefficient (Wildman–Crippen LogP) is 3.73. The van der Waals surface area contributed by atoms with Crippen molar-refractivity contribution in [1.29, 1.82) is 0 Å². The number of para-hydroxylation sites is 1. The Morgan fingerprint density at radius 2 is 1.77 bits per heavy atom. The van der Waals surface area contributed by atoms with E-state index in [-0.39, 0.29) is 5.41 Å². The van der Waals surface area contributed by atoms with Crippen molar-refractivity contribution in [3.8, 4) is 11.5 Å². The highest BCUT2D eigenvalue weighted by Gasteiger charge is 2.41. The van der Waals surface area contributed by atoms with Crippen LogP contribution >= 0.6 is 0 Å². The van der Waals surface area contributed by atoms with E-state index in [2.05, 4.69) is 28.9 Å². The topological polar surface area (TPSA) is 51.2 Å². The van der Waals surface area contributed by atoms with Gasteiger partial charge in [-0.25, -0.2) is 0 Å². The average Bonchev–Trinajstić information content (AvgIpc) is 3.26. The van der Waals surface area contributed by atoms with Crippen LogP contribution in [0.25, 0.3) is 0 Å². The van der Waals surface area contributed by atoms with Crippen molar-refractivity contribution < 1.29 is 19.0 Å². The second-order valence-corrected chi connectivity index (χ2v) is 10.2. The molecule has 170 valence electrons. The molecule has 6 nitrogen and oxygen atoms in total. The van der Waals surface area contributed by atoms with Crippen molar-refractivity contribution in [3.05, 3.63) is 18.2 Å². The molecule has 0 radical (unpaired) electrons. The van der Waals surface area contributed by atoms with E-state index in [1.165, 1.54) is 44.3 Å². The molecule has 4 aliphatic rings. The SMILES string of the molecule is CC1(C(=O)CC2CCC(CCN3CCN(c4cccc5c4OCO5)CC3)CC2)COC1. The van der Waals surface area contributed by atoms with Gasteiger partial charge in [-0.3, -0.25) is 9.69 Å². The van der Waals surface area contributed by atoms with Gasteiger partial charge in [0.1, 0.15) is 5.78 Å². The summed E-state index contributed by atoms with van der Waals surface area (Å²) in [4.78, 5) is 17.6. The minimum atomic E-state index is -0.183. The Balaban J connectivity index is 1.02. The molecule has 3 aliphatic heterocycles. The van der Waals surface area contributed by atoms with Gasteiger partial charge in [-0.05, 0) is 56.7 Å². The smallest absolute Gasteiger partial charge is 0.231 e. The molecule has 5 rings (SSSR count). The number of anilines is 1. The molecule has 3 fully saturated rings. The van der Waals surface area contributed by atoms with E-state index >= 15 is 0 Å². The summed E-state index contributed by atoms with van der Waals surface area (Å²) in [5, 5.41) is 0. The Bertz CT molecular complexity index is 778. The molecule has 31 heavy (non-hydrogen) atoms. The number of benzene rings is 1. The number of fused-ring (bicyclic) bond motifs is 1. The second-order valence-electron chi connectivity index (χ2n) is 10.2. The largest absolute Gasteiger partial charge is 0.454 e. The Morgan fingerprint density at radius 3 is 2.48 bits per heavy atom. The zero-order chi connectivity index (χ0) is 21.3. The minimum Gasteiger partial charge on any atom is -0.454 e. The number of piperazine rings is 1. The molecular formula is C25H36N2O4. The number of Topliss-reactive ketones (excluding diaryl/α,β-unsaturated/α-hetero) is 1. The van der Waals surface area contributed by atoms with Crippen molar-refractivity contribution in [3.63, 3.8) is 0 Å².